The molecule has 1 aromatic carbocycles. The average molecular weight is 292 g/mol. The van der Waals surface area contributed by atoms with E-state index in [-0.39, 0.29) is 5.82 Å². The molecule has 0 saturated heterocycles. The molecule has 0 spiro atoms. The van der Waals surface area contributed by atoms with Crippen LogP contribution < -0.4 is 0 Å². The Morgan fingerprint density at radius 1 is 1.50 bits per heavy atom. The van der Waals surface area contributed by atoms with Crippen LogP contribution in [-0.4, -0.2) is 0 Å². The molecule has 0 bridgehead atoms. The van der Waals surface area contributed by atoms with Gasteiger partial charge in [-0.2, -0.15) is 0 Å². The van der Waals surface area contributed by atoms with E-state index in [1.165, 1.54) is 16.9 Å². The van der Waals surface area contributed by atoms with E-state index in [0.717, 1.165) is 13.7 Å². The Kier molecular flexibility index (Phi) is 2.08. The standard InChI is InChI=1S/C9H6FIS/c1-5-6-2-3-12-9(6)7(10)4-8(5)11/h2-4H,1H3. The van der Waals surface area contributed by atoms with Gasteiger partial charge in [-0.15, -0.1) is 11.3 Å². The predicted octanol–water partition coefficient (Wildman–Crippen LogP) is 3.95. The highest BCUT2D eigenvalue weighted by Gasteiger charge is 2.07. The van der Waals surface area contributed by atoms with Crippen LogP contribution in [0.2, 0.25) is 0 Å². The molecule has 0 unspecified atom stereocenters. The van der Waals surface area contributed by atoms with Gasteiger partial charge in [0.1, 0.15) is 5.82 Å². The molecule has 2 rings (SSSR count). The summed E-state index contributed by atoms with van der Waals surface area (Å²) in [6.07, 6.45) is 0. The van der Waals surface area contributed by atoms with Crippen molar-refractivity contribution in [3.8, 4) is 0 Å². The lowest BCUT2D eigenvalue weighted by Gasteiger charge is -2.00. The van der Waals surface area contributed by atoms with Crippen molar-refractivity contribution in [3.05, 3.63) is 32.5 Å². The lowest BCUT2D eigenvalue weighted by molar-refractivity contribution is 0.640. The Bertz CT molecular complexity index is 433. The molecule has 12 heavy (non-hydrogen) atoms. The number of halogens is 2. The number of rotatable bonds is 0. The first-order valence-electron chi connectivity index (χ1n) is 3.52. The van der Waals surface area contributed by atoms with Crippen molar-refractivity contribution in [1.29, 1.82) is 0 Å². The summed E-state index contributed by atoms with van der Waals surface area (Å²) in [5, 5.41) is 2.97. The van der Waals surface area contributed by atoms with Gasteiger partial charge in [-0.1, -0.05) is 0 Å². The van der Waals surface area contributed by atoms with Crippen LogP contribution >= 0.6 is 33.9 Å². The molecule has 0 saturated carbocycles. The maximum absolute atomic E-state index is 13.3. The van der Waals surface area contributed by atoms with Crippen LogP contribution in [0.4, 0.5) is 4.39 Å². The third kappa shape index (κ3) is 1.15. The summed E-state index contributed by atoms with van der Waals surface area (Å²) in [6, 6.07) is 3.56. The number of benzene rings is 1. The lowest BCUT2D eigenvalue weighted by Crippen LogP contribution is -1.83. The van der Waals surface area contributed by atoms with Crippen molar-refractivity contribution in [2.24, 2.45) is 0 Å². The van der Waals surface area contributed by atoms with Gasteiger partial charge in [-0.05, 0) is 58.0 Å². The van der Waals surface area contributed by atoms with E-state index in [1.807, 2.05) is 18.4 Å². The van der Waals surface area contributed by atoms with Gasteiger partial charge in [-0.25, -0.2) is 4.39 Å². The molecule has 0 aliphatic carbocycles. The van der Waals surface area contributed by atoms with Gasteiger partial charge in [0.15, 0.2) is 0 Å². The minimum absolute atomic E-state index is 0.102. The van der Waals surface area contributed by atoms with E-state index in [4.69, 9.17) is 0 Å². The van der Waals surface area contributed by atoms with Crippen LogP contribution in [0.25, 0.3) is 10.1 Å². The molecule has 2 aromatic rings. The Hall–Kier alpha value is -0.160. The van der Waals surface area contributed by atoms with Crippen LogP contribution in [0.3, 0.4) is 0 Å². The number of aryl methyl sites for hydroxylation is 1. The fraction of sp³-hybridized carbons (Fsp3) is 0.111. The highest BCUT2D eigenvalue weighted by molar-refractivity contribution is 14.1. The number of hydrogen-bond acceptors (Lipinski definition) is 1. The molecule has 62 valence electrons. The quantitative estimate of drug-likeness (QED) is 0.645. The Labute approximate surface area is 87.5 Å². The smallest absolute Gasteiger partial charge is 0.142 e. The molecule has 1 heterocycles. The number of thiophene rings is 1. The summed E-state index contributed by atoms with van der Waals surface area (Å²) < 4.78 is 15.0. The second-order valence-electron chi connectivity index (χ2n) is 2.63. The molecule has 0 N–H and O–H groups in total. The molecule has 0 radical (unpaired) electrons. The van der Waals surface area contributed by atoms with Gasteiger partial charge in [0, 0.05) is 3.57 Å². The van der Waals surface area contributed by atoms with Gasteiger partial charge in [0.2, 0.25) is 0 Å². The normalized spacial score (nSPS) is 10.9. The third-order valence-corrected chi connectivity index (χ3v) is 3.94. The van der Waals surface area contributed by atoms with Gasteiger partial charge in [0.05, 0.1) is 4.70 Å². The van der Waals surface area contributed by atoms with Crippen LogP contribution in [0.1, 0.15) is 5.56 Å². The Morgan fingerprint density at radius 2 is 2.25 bits per heavy atom. The first-order valence-corrected chi connectivity index (χ1v) is 5.48. The second kappa shape index (κ2) is 2.96. The maximum atomic E-state index is 13.3. The third-order valence-electron chi connectivity index (χ3n) is 1.90. The van der Waals surface area contributed by atoms with Crippen molar-refractivity contribution in [2.75, 3.05) is 0 Å². The van der Waals surface area contributed by atoms with Crippen molar-refractivity contribution in [3.63, 3.8) is 0 Å². The van der Waals surface area contributed by atoms with Crippen molar-refractivity contribution in [2.45, 2.75) is 6.92 Å². The monoisotopic (exact) mass is 292 g/mol. The molecular weight excluding hydrogens is 286 g/mol. The van der Waals surface area contributed by atoms with Gasteiger partial charge < -0.3 is 0 Å². The van der Waals surface area contributed by atoms with Crippen LogP contribution in [0.5, 0.6) is 0 Å². The first kappa shape index (κ1) is 8.44. The Balaban J connectivity index is 2.97. The molecule has 3 heteroatoms. The first-order chi connectivity index (χ1) is 5.70. The van der Waals surface area contributed by atoms with Crippen LogP contribution in [-0.2, 0) is 0 Å². The van der Waals surface area contributed by atoms with E-state index in [2.05, 4.69) is 22.6 Å². The second-order valence-corrected chi connectivity index (χ2v) is 4.71. The lowest BCUT2D eigenvalue weighted by atomic mass is 10.1. The van der Waals surface area contributed by atoms with Gasteiger partial charge in [-0.3, -0.25) is 0 Å². The van der Waals surface area contributed by atoms with E-state index in [9.17, 15) is 4.39 Å². The highest BCUT2D eigenvalue weighted by Crippen LogP contribution is 2.29. The molecule has 0 amide bonds. The SMILES string of the molecule is Cc1c(I)cc(F)c2sccc12. The summed E-state index contributed by atoms with van der Waals surface area (Å²) in [5.74, 6) is -0.102. The van der Waals surface area contributed by atoms with Crippen molar-refractivity contribution in [1.82, 2.24) is 0 Å². The summed E-state index contributed by atoms with van der Waals surface area (Å²) in [4.78, 5) is 0. The van der Waals surface area contributed by atoms with E-state index in [0.29, 0.717) is 0 Å². The molecule has 0 aliphatic rings. The number of hydrogen-bond donors (Lipinski definition) is 0. The molecule has 0 atom stereocenters. The zero-order valence-corrected chi connectivity index (χ0v) is 9.37. The molecule has 0 fully saturated rings. The zero-order valence-electron chi connectivity index (χ0n) is 6.40. The van der Waals surface area contributed by atoms with Crippen molar-refractivity contribution < 1.29 is 4.39 Å². The Morgan fingerprint density at radius 3 is 3.00 bits per heavy atom. The van der Waals surface area contributed by atoms with E-state index in [1.54, 1.807) is 6.07 Å². The topological polar surface area (TPSA) is 0 Å². The fourth-order valence-electron chi connectivity index (χ4n) is 1.20. The van der Waals surface area contributed by atoms with Gasteiger partial charge >= 0.3 is 0 Å². The van der Waals surface area contributed by atoms with Crippen LogP contribution in [0, 0.1) is 16.3 Å². The van der Waals surface area contributed by atoms with E-state index < -0.39 is 0 Å². The number of fused-ring (bicyclic) bond motifs is 1. The largest absolute Gasteiger partial charge is 0.205 e. The summed E-state index contributed by atoms with van der Waals surface area (Å²) in [5.41, 5.74) is 1.17. The summed E-state index contributed by atoms with van der Waals surface area (Å²) in [7, 11) is 0. The summed E-state index contributed by atoms with van der Waals surface area (Å²) in [6.45, 7) is 2.02. The summed E-state index contributed by atoms with van der Waals surface area (Å²) >= 11 is 3.62. The van der Waals surface area contributed by atoms with Crippen molar-refractivity contribution >= 4 is 44.0 Å². The molecule has 0 nitrogen and oxygen atoms in total. The van der Waals surface area contributed by atoms with Gasteiger partial charge in [0.25, 0.3) is 0 Å². The highest BCUT2D eigenvalue weighted by atomic mass is 127. The zero-order chi connectivity index (χ0) is 8.72. The predicted molar refractivity (Wildman–Crippen MR) is 59.2 cm³/mol. The minimum Gasteiger partial charge on any atom is -0.205 e. The molecule has 0 aliphatic heterocycles. The average Bonchev–Trinajstić information content (AvgIpc) is 2.48. The van der Waals surface area contributed by atoms with E-state index >= 15 is 0 Å². The molecular formula is C9H6FIS. The minimum atomic E-state index is -0.102. The maximum Gasteiger partial charge on any atom is 0.142 e. The molecule has 1 aromatic heterocycles. The van der Waals surface area contributed by atoms with Crippen LogP contribution in [0.15, 0.2) is 17.5 Å². The fourth-order valence-corrected chi connectivity index (χ4v) is 2.63.